The van der Waals surface area contributed by atoms with E-state index >= 15 is 0 Å². The lowest BCUT2D eigenvalue weighted by molar-refractivity contribution is 0.568. The first-order valence-corrected chi connectivity index (χ1v) is 9.31. The average molecular weight is 373 g/mol. The molecule has 0 spiro atoms. The summed E-state index contributed by atoms with van der Waals surface area (Å²) >= 11 is 0. The first kappa shape index (κ1) is 18.0. The van der Waals surface area contributed by atoms with Crippen molar-refractivity contribution >= 4 is 10.0 Å². The molecule has 0 unspecified atom stereocenters. The van der Waals surface area contributed by atoms with E-state index in [-0.39, 0.29) is 23.5 Å². The van der Waals surface area contributed by atoms with E-state index < -0.39 is 15.8 Å². The summed E-state index contributed by atoms with van der Waals surface area (Å²) in [4.78, 5) is 16.4. The third-order valence-corrected chi connectivity index (χ3v) is 5.19. The van der Waals surface area contributed by atoms with E-state index in [2.05, 4.69) is 9.71 Å². The summed E-state index contributed by atoms with van der Waals surface area (Å²) in [5.74, 6) is -0.514. The van der Waals surface area contributed by atoms with Gasteiger partial charge in [-0.2, -0.15) is 0 Å². The third-order valence-electron chi connectivity index (χ3n) is 3.72. The number of rotatable bonds is 6. The van der Waals surface area contributed by atoms with Crippen molar-refractivity contribution in [2.45, 2.75) is 11.4 Å². The molecule has 3 rings (SSSR count). The zero-order valence-electron chi connectivity index (χ0n) is 13.7. The Balaban J connectivity index is 1.67. The van der Waals surface area contributed by atoms with Gasteiger partial charge in [0.2, 0.25) is 10.0 Å². The van der Waals surface area contributed by atoms with Crippen LogP contribution in [0, 0.1) is 5.82 Å². The van der Waals surface area contributed by atoms with Crippen molar-refractivity contribution < 1.29 is 12.8 Å². The van der Waals surface area contributed by atoms with E-state index in [0.29, 0.717) is 5.69 Å². The van der Waals surface area contributed by atoms with Gasteiger partial charge in [0.25, 0.3) is 5.56 Å². The van der Waals surface area contributed by atoms with Crippen LogP contribution in [-0.4, -0.2) is 24.5 Å². The summed E-state index contributed by atoms with van der Waals surface area (Å²) in [5.41, 5.74) is 1.10. The van der Waals surface area contributed by atoms with E-state index in [9.17, 15) is 17.6 Å². The first-order chi connectivity index (χ1) is 12.5. The van der Waals surface area contributed by atoms with Gasteiger partial charge in [-0.05, 0) is 24.3 Å². The Morgan fingerprint density at radius 2 is 1.73 bits per heavy atom. The number of halogens is 1. The van der Waals surface area contributed by atoms with Gasteiger partial charge in [-0.3, -0.25) is 9.36 Å². The monoisotopic (exact) mass is 373 g/mol. The molecule has 0 aliphatic heterocycles. The highest BCUT2D eigenvalue weighted by Gasteiger charge is 2.13. The lowest BCUT2D eigenvalue weighted by Crippen LogP contribution is -2.30. The second kappa shape index (κ2) is 7.59. The molecule has 0 radical (unpaired) electrons. The fraction of sp³-hybridized carbons (Fsp3) is 0.111. The summed E-state index contributed by atoms with van der Waals surface area (Å²) < 4.78 is 40.8. The smallest absolute Gasteiger partial charge is 0.253 e. The number of nitrogens with one attached hydrogen (secondary N) is 1. The molecule has 1 aromatic heterocycles. The van der Waals surface area contributed by atoms with Gasteiger partial charge in [-0.25, -0.2) is 22.5 Å². The highest BCUT2D eigenvalue weighted by atomic mass is 32.2. The lowest BCUT2D eigenvalue weighted by Gasteiger charge is -2.09. The SMILES string of the molecule is O=c1cc(-c2ccccc2)ncn1CCNS(=O)(=O)c1ccc(F)cc1. The standard InChI is InChI=1S/C18H16FN3O3S/c19-15-6-8-16(9-7-15)26(24,25)21-10-11-22-13-20-17(12-18(22)23)14-4-2-1-3-5-14/h1-9,12-13,21H,10-11H2. The van der Waals surface area contributed by atoms with Gasteiger partial charge in [-0.15, -0.1) is 0 Å². The molecule has 0 fully saturated rings. The molecular formula is C18H16FN3O3S. The molecule has 2 aromatic carbocycles. The van der Waals surface area contributed by atoms with Crippen LogP contribution >= 0.6 is 0 Å². The molecule has 0 aliphatic rings. The van der Waals surface area contributed by atoms with Crippen LogP contribution in [0.2, 0.25) is 0 Å². The minimum absolute atomic E-state index is 0.00593. The second-order valence-corrected chi connectivity index (χ2v) is 7.29. The summed E-state index contributed by atoms with van der Waals surface area (Å²) in [6, 6.07) is 15.2. The molecule has 1 N–H and O–H groups in total. The first-order valence-electron chi connectivity index (χ1n) is 7.83. The molecule has 0 saturated carbocycles. The minimum atomic E-state index is -3.76. The van der Waals surface area contributed by atoms with Gasteiger partial charge in [0.15, 0.2) is 0 Å². The van der Waals surface area contributed by atoms with E-state index in [1.807, 2.05) is 30.3 Å². The van der Waals surface area contributed by atoms with Crippen molar-refractivity contribution in [2.75, 3.05) is 6.54 Å². The summed E-state index contributed by atoms with van der Waals surface area (Å²) in [6.07, 6.45) is 1.39. The van der Waals surface area contributed by atoms with Crippen LogP contribution in [0.15, 0.2) is 76.7 Å². The number of aromatic nitrogens is 2. The number of nitrogens with zero attached hydrogens (tertiary/aromatic N) is 2. The van der Waals surface area contributed by atoms with Gasteiger partial charge in [0.1, 0.15) is 5.82 Å². The van der Waals surface area contributed by atoms with Gasteiger partial charge in [0.05, 0.1) is 16.9 Å². The molecule has 3 aromatic rings. The van der Waals surface area contributed by atoms with Gasteiger partial charge in [-0.1, -0.05) is 30.3 Å². The molecule has 134 valence electrons. The van der Waals surface area contributed by atoms with Crippen LogP contribution in [0.4, 0.5) is 4.39 Å². The minimum Gasteiger partial charge on any atom is -0.298 e. The Morgan fingerprint density at radius 1 is 1.04 bits per heavy atom. The summed E-state index contributed by atoms with van der Waals surface area (Å²) in [5, 5.41) is 0. The molecule has 8 heteroatoms. The van der Waals surface area contributed by atoms with Crippen LogP contribution in [0.3, 0.4) is 0 Å². The van der Waals surface area contributed by atoms with Crippen molar-refractivity contribution in [2.24, 2.45) is 0 Å². The summed E-state index contributed by atoms with van der Waals surface area (Å²) in [6.45, 7) is 0.132. The molecule has 0 saturated heterocycles. The summed E-state index contributed by atoms with van der Waals surface area (Å²) in [7, 11) is -3.76. The highest BCUT2D eigenvalue weighted by molar-refractivity contribution is 7.89. The maximum absolute atomic E-state index is 12.9. The van der Waals surface area contributed by atoms with Crippen LogP contribution in [0.5, 0.6) is 0 Å². The topological polar surface area (TPSA) is 81.1 Å². The maximum atomic E-state index is 12.9. The molecule has 0 atom stereocenters. The van der Waals surface area contributed by atoms with Crippen molar-refractivity contribution in [3.05, 3.63) is 83.2 Å². The number of sulfonamides is 1. The molecule has 0 bridgehead atoms. The van der Waals surface area contributed by atoms with Gasteiger partial charge < -0.3 is 0 Å². The normalized spacial score (nSPS) is 11.4. The Hall–Kier alpha value is -2.84. The fourth-order valence-corrected chi connectivity index (χ4v) is 3.38. The molecule has 0 aliphatic carbocycles. The Labute approximate surface area is 150 Å². The molecule has 0 amide bonds. The zero-order valence-corrected chi connectivity index (χ0v) is 14.5. The number of benzene rings is 2. The number of hydrogen-bond acceptors (Lipinski definition) is 4. The van der Waals surface area contributed by atoms with Crippen molar-refractivity contribution in [3.8, 4) is 11.3 Å². The van der Waals surface area contributed by atoms with Crippen LogP contribution < -0.4 is 10.3 Å². The Bertz CT molecular complexity index is 1050. The lowest BCUT2D eigenvalue weighted by atomic mass is 10.1. The molecular weight excluding hydrogens is 357 g/mol. The average Bonchev–Trinajstić information content (AvgIpc) is 2.64. The predicted octanol–water partition coefficient (Wildman–Crippen LogP) is 2.03. The van der Waals surface area contributed by atoms with Crippen LogP contribution in [-0.2, 0) is 16.6 Å². The fourth-order valence-electron chi connectivity index (χ4n) is 2.36. The van der Waals surface area contributed by atoms with E-state index in [1.165, 1.54) is 29.1 Å². The van der Waals surface area contributed by atoms with Crippen LogP contribution in [0.25, 0.3) is 11.3 Å². The second-order valence-electron chi connectivity index (χ2n) is 5.52. The zero-order chi connectivity index (χ0) is 18.6. The maximum Gasteiger partial charge on any atom is 0.253 e. The van der Waals surface area contributed by atoms with E-state index in [0.717, 1.165) is 17.7 Å². The Kier molecular flexibility index (Phi) is 5.24. The van der Waals surface area contributed by atoms with Crippen LogP contribution in [0.1, 0.15) is 0 Å². The third kappa shape index (κ3) is 4.22. The van der Waals surface area contributed by atoms with Gasteiger partial charge in [0, 0.05) is 24.7 Å². The highest BCUT2D eigenvalue weighted by Crippen LogP contribution is 2.13. The quantitative estimate of drug-likeness (QED) is 0.717. The Morgan fingerprint density at radius 3 is 2.38 bits per heavy atom. The number of hydrogen-bond donors (Lipinski definition) is 1. The van der Waals surface area contributed by atoms with Gasteiger partial charge >= 0.3 is 0 Å². The molecule has 6 nitrogen and oxygen atoms in total. The van der Waals surface area contributed by atoms with E-state index in [1.54, 1.807) is 0 Å². The van der Waals surface area contributed by atoms with Crippen molar-refractivity contribution in [1.82, 2.24) is 14.3 Å². The van der Waals surface area contributed by atoms with Crippen molar-refractivity contribution in [3.63, 3.8) is 0 Å². The molecule has 26 heavy (non-hydrogen) atoms. The largest absolute Gasteiger partial charge is 0.298 e. The molecule has 1 heterocycles. The van der Waals surface area contributed by atoms with Crippen molar-refractivity contribution in [1.29, 1.82) is 0 Å². The van der Waals surface area contributed by atoms with E-state index in [4.69, 9.17) is 0 Å². The predicted molar refractivity (Wildman–Crippen MR) is 95.5 cm³/mol.